The fraction of sp³-hybridized carbons (Fsp3) is 0.360. The van der Waals surface area contributed by atoms with E-state index < -0.39 is 35.0 Å². The summed E-state index contributed by atoms with van der Waals surface area (Å²) in [6, 6.07) is 4.24. The van der Waals surface area contributed by atoms with Crippen LogP contribution in [0.1, 0.15) is 53.1 Å². The number of hydrogen-bond donors (Lipinski definition) is 0. The molecule has 1 aromatic carbocycles. The number of hydrogen-bond acceptors (Lipinski definition) is 6. The highest BCUT2D eigenvalue weighted by Gasteiger charge is 2.35. The summed E-state index contributed by atoms with van der Waals surface area (Å²) >= 11 is 12.7. The number of nitrogens with zero attached hydrogens (tertiary/aromatic N) is 4. The molecule has 1 atom stereocenters. The fourth-order valence-corrected chi connectivity index (χ4v) is 6.20. The Kier molecular flexibility index (Phi) is 7.75. The first-order chi connectivity index (χ1) is 18.5. The summed E-state index contributed by atoms with van der Waals surface area (Å²) in [5.74, 6) is -1.27. The average Bonchev–Trinajstić information content (AvgIpc) is 3.56. The van der Waals surface area contributed by atoms with Gasteiger partial charge in [0.15, 0.2) is 6.10 Å². The van der Waals surface area contributed by atoms with Crippen molar-refractivity contribution in [3.05, 3.63) is 84.7 Å². The number of pyridine rings is 1. The molecule has 1 unspecified atom stereocenters. The van der Waals surface area contributed by atoms with Crippen molar-refractivity contribution in [3.63, 3.8) is 0 Å². The Labute approximate surface area is 233 Å². The minimum atomic E-state index is -4.82. The molecule has 206 valence electrons. The zero-order chi connectivity index (χ0) is 27.9. The van der Waals surface area contributed by atoms with Gasteiger partial charge in [0, 0.05) is 37.0 Å². The van der Waals surface area contributed by atoms with Gasteiger partial charge in [-0.3, -0.25) is 4.79 Å². The maximum absolute atomic E-state index is 14.1. The number of piperidine rings is 1. The molecule has 0 amide bonds. The van der Waals surface area contributed by atoms with Crippen molar-refractivity contribution >= 4 is 45.9 Å². The monoisotopic (exact) mass is 602 g/mol. The second kappa shape index (κ2) is 10.9. The molecule has 14 heteroatoms. The van der Waals surface area contributed by atoms with Crippen LogP contribution < -0.4 is 5.56 Å². The van der Waals surface area contributed by atoms with Crippen molar-refractivity contribution in [1.82, 2.24) is 14.5 Å². The Morgan fingerprint density at radius 3 is 2.56 bits per heavy atom. The van der Waals surface area contributed by atoms with Crippen LogP contribution in [0.2, 0.25) is 5.02 Å². The van der Waals surface area contributed by atoms with Crippen LogP contribution in [0.15, 0.2) is 45.8 Å². The van der Waals surface area contributed by atoms with Crippen molar-refractivity contribution in [2.24, 2.45) is 5.16 Å². The third-order valence-electron chi connectivity index (χ3n) is 6.67. The topological polar surface area (TPSA) is 59.7 Å². The fourth-order valence-electron chi connectivity index (χ4n) is 4.65. The lowest BCUT2D eigenvalue weighted by molar-refractivity contribution is -0.138. The van der Waals surface area contributed by atoms with Crippen LogP contribution in [-0.4, -0.2) is 38.2 Å². The van der Waals surface area contributed by atoms with E-state index in [2.05, 4.69) is 10.1 Å². The van der Waals surface area contributed by atoms with E-state index in [1.165, 1.54) is 29.5 Å². The number of alkyl halides is 3. The van der Waals surface area contributed by atoms with Crippen molar-refractivity contribution in [3.8, 4) is 0 Å². The molecule has 0 saturated carbocycles. The second-order valence-corrected chi connectivity index (χ2v) is 11.0. The van der Waals surface area contributed by atoms with Gasteiger partial charge in [-0.05, 0) is 31.0 Å². The normalized spacial score (nSPS) is 18.3. The molecule has 0 bridgehead atoms. The Morgan fingerprint density at radius 1 is 1.21 bits per heavy atom. The van der Waals surface area contributed by atoms with Gasteiger partial charge in [0.1, 0.15) is 22.9 Å². The molecule has 39 heavy (non-hydrogen) atoms. The Bertz CT molecular complexity index is 1480. The summed E-state index contributed by atoms with van der Waals surface area (Å²) in [5.41, 5.74) is -1.59. The first-order valence-electron chi connectivity index (χ1n) is 11.9. The van der Waals surface area contributed by atoms with Gasteiger partial charge in [-0.25, -0.2) is 13.8 Å². The SMILES string of the molecule is O=c1c(C(F)(F)F)cc(Cl)cn1CC(=S)N1CCC(c2nc(C3=NOC(c4c(F)cccc4F)C3)cs2)CC1. The Balaban J connectivity index is 1.19. The first kappa shape index (κ1) is 27.7. The number of thiazole rings is 1. The van der Waals surface area contributed by atoms with Crippen LogP contribution in [0.3, 0.4) is 0 Å². The van der Waals surface area contributed by atoms with Crippen LogP contribution in [-0.2, 0) is 17.6 Å². The molecule has 0 radical (unpaired) electrons. The van der Waals surface area contributed by atoms with E-state index >= 15 is 0 Å². The van der Waals surface area contributed by atoms with E-state index in [0.717, 1.165) is 15.8 Å². The highest BCUT2D eigenvalue weighted by molar-refractivity contribution is 7.80. The van der Waals surface area contributed by atoms with Crippen LogP contribution in [0.4, 0.5) is 22.0 Å². The molecule has 1 saturated heterocycles. The summed E-state index contributed by atoms with van der Waals surface area (Å²) in [6.45, 7) is 0.893. The van der Waals surface area contributed by atoms with Gasteiger partial charge < -0.3 is 14.3 Å². The summed E-state index contributed by atoms with van der Waals surface area (Å²) in [4.78, 5) is 24.5. The molecule has 0 aliphatic carbocycles. The molecule has 2 aliphatic rings. The van der Waals surface area contributed by atoms with E-state index in [1.54, 1.807) is 0 Å². The number of likely N-dealkylation sites (tertiary alicyclic amines) is 1. The molecule has 1 fully saturated rings. The van der Waals surface area contributed by atoms with Crippen LogP contribution >= 0.6 is 35.2 Å². The summed E-state index contributed by atoms with van der Waals surface area (Å²) in [5, 5.41) is 6.51. The summed E-state index contributed by atoms with van der Waals surface area (Å²) < 4.78 is 68.6. The maximum Gasteiger partial charge on any atom is 0.421 e. The molecule has 5 rings (SSSR count). The Morgan fingerprint density at radius 2 is 1.90 bits per heavy atom. The van der Waals surface area contributed by atoms with Crippen LogP contribution in [0.25, 0.3) is 0 Å². The predicted octanol–water partition coefficient (Wildman–Crippen LogP) is 6.33. The number of thiocarbonyl (C=S) groups is 1. The van der Waals surface area contributed by atoms with Gasteiger partial charge in [0.05, 0.1) is 32.8 Å². The molecule has 3 aromatic rings. The standard InChI is InChI=1S/C25H20ClF5N4O2S2/c26-14-8-15(25(29,30)31)24(36)35(10-14)11-21(38)34-6-4-13(5-7-34)23-32-19(12-39-23)18-9-20(37-33-18)22-16(27)2-1-3-17(22)28/h1-3,8,10,12-13,20H,4-7,9,11H2. The molecule has 0 N–H and O–H groups in total. The lowest BCUT2D eigenvalue weighted by atomic mass is 9.97. The number of benzene rings is 1. The lowest BCUT2D eigenvalue weighted by Gasteiger charge is -2.33. The van der Waals surface area contributed by atoms with Gasteiger partial charge in [-0.15, -0.1) is 11.3 Å². The molecular formula is C25H20ClF5N4O2S2. The molecule has 0 spiro atoms. The largest absolute Gasteiger partial charge is 0.421 e. The third-order valence-corrected chi connectivity index (χ3v) is 8.27. The van der Waals surface area contributed by atoms with Crippen LogP contribution in [0, 0.1) is 11.6 Å². The van der Waals surface area contributed by atoms with E-state index in [-0.39, 0.29) is 29.5 Å². The number of aromatic nitrogens is 2. The molecule has 4 heterocycles. The lowest BCUT2D eigenvalue weighted by Crippen LogP contribution is -2.40. The minimum absolute atomic E-state index is 0.122. The van der Waals surface area contributed by atoms with Gasteiger partial charge in [-0.1, -0.05) is 35.0 Å². The number of oxime groups is 1. The van der Waals surface area contributed by atoms with Crippen molar-refractivity contribution in [1.29, 1.82) is 0 Å². The third kappa shape index (κ3) is 5.85. The van der Waals surface area contributed by atoms with Crippen LogP contribution in [0.5, 0.6) is 0 Å². The van der Waals surface area contributed by atoms with E-state index in [4.69, 9.17) is 28.7 Å². The number of rotatable bonds is 5. The zero-order valence-electron chi connectivity index (χ0n) is 20.1. The Hall–Kier alpha value is -2.90. The first-order valence-corrected chi connectivity index (χ1v) is 13.5. The quantitative estimate of drug-likeness (QED) is 0.252. The summed E-state index contributed by atoms with van der Waals surface area (Å²) in [7, 11) is 0. The number of halogens is 6. The molecule has 6 nitrogen and oxygen atoms in total. The van der Waals surface area contributed by atoms with Gasteiger partial charge >= 0.3 is 6.18 Å². The second-order valence-electron chi connectivity index (χ2n) is 9.20. The van der Waals surface area contributed by atoms with Gasteiger partial charge in [-0.2, -0.15) is 13.2 Å². The smallest absolute Gasteiger partial charge is 0.387 e. The van der Waals surface area contributed by atoms with E-state index in [0.29, 0.717) is 48.4 Å². The summed E-state index contributed by atoms with van der Waals surface area (Å²) in [6.07, 6.45) is -2.96. The van der Waals surface area contributed by atoms with Gasteiger partial charge in [0.25, 0.3) is 5.56 Å². The molecule has 2 aromatic heterocycles. The minimum Gasteiger partial charge on any atom is -0.387 e. The highest BCUT2D eigenvalue weighted by atomic mass is 35.5. The maximum atomic E-state index is 14.1. The average molecular weight is 603 g/mol. The van der Waals surface area contributed by atoms with E-state index in [9.17, 15) is 26.7 Å². The zero-order valence-corrected chi connectivity index (χ0v) is 22.4. The van der Waals surface area contributed by atoms with Gasteiger partial charge in [0.2, 0.25) is 0 Å². The van der Waals surface area contributed by atoms with E-state index in [1.807, 2.05) is 10.3 Å². The predicted molar refractivity (Wildman–Crippen MR) is 140 cm³/mol. The molecular weight excluding hydrogens is 583 g/mol. The van der Waals surface area contributed by atoms with Crippen molar-refractivity contribution in [2.45, 2.75) is 44.0 Å². The molecule has 2 aliphatic heterocycles. The highest BCUT2D eigenvalue weighted by Crippen LogP contribution is 2.35. The van der Waals surface area contributed by atoms with Crippen molar-refractivity contribution < 1.29 is 26.8 Å². The van der Waals surface area contributed by atoms with Crippen molar-refractivity contribution in [2.75, 3.05) is 13.1 Å².